The van der Waals surface area contributed by atoms with Crippen LogP contribution in [0.25, 0.3) is 0 Å². The first-order valence-electron chi connectivity index (χ1n) is 8.55. The Morgan fingerprint density at radius 1 is 1.00 bits per heavy atom. The van der Waals surface area contributed by atoms with Crippen LogP contribution in [0, 0.1) is 17.0 Å². The van der Waals surface area contributed by atoms with Crippen LogP contribution in [0.1, 0.15) is 27.7 Å². The van der Waals surface area contributed by atoms with Gasteiger partial charge in [-0.05, 0) is 31.2 Å². The lowest BCUT2D eigenvalue weighted by Gasteiger charge is -2.38. The Morgan fingerprint density at radius 2 is 1.70 bits per heavy atom. The van der Waals surface area contributed by atoms with Gasteiger partial charge in [-0.1, -0.05) is 42.5 Å². The fourth-order valence-corrected chi connectivity index (χ4v) is 3.33. The molecule has 1 heterocycles. The van der Waals surface area contributed by atoms with Gasteiger partial charge in [0, 0.05) is 28.6 Å². The molecule has 0 aromatic heterocycles. The Kier molecular flexibility index (Phi) is 4.08. The number of nitro benzene ring substituents is 1. The number of para-hydroxylation sites is 2. The van der Waals surface area contributed by atoms with Crippen LogP contribution in [0.4, 0.5) is 17.1 Å². The zero-order chi connectivity index (χ0) is 19.0. The first-order chi connectivity index (χ1) is 13.1. The number of nitrogens with zero attached hydrogens (tertiary/aromatic N) is 2. The third kappa shape index (κ3) is 2.91. The van der Waals surface area contributed by atoms with Gasteiger partial charge in [0.25, 0.3) is 11.6 Å². The van der Waals surface area contributed by atoms with Gasteiger partial charge in [0.2, 0.25) is 0 Å². The van der Waals surface area contributed by atoms with Crippen LogP contribution in [-0.2, 0) is 0 Å². The van der Waals surface area contributed by atoms with E-state index in [0.29, 0.717) is 22.4 Å². The Hall–Kier alpha value is -3.67. The van der Waals surface area contributed by atoms with E-state index in [1.807, 2.05) is 54.6 Å². The van der Waals surface area contributed by atoms with E-state index in [2.05, 4.69) is 5.32 Å². The molecule has 0 aliphatic carbocycles. The minimum absolute atomic E-state index is 0.0358. The predicted molar refractivity (Wildman–Crippen MR) is 104 cm³/mol. The van der Waals surface area contributed by atoms with Gasteiger partial charge < -0.3 is 5.32 Å². The molecule has 1 aliphatic heterocycles. The summed E-state index contributed by atoms with van der Waals surface area (Å²) in [6.45, 7) is 1.70. The number of rotatable bonds is 3. The van der Waals surface area contributed by atoms with Crippen molar-refractivity contribution in [3.8, 4) is 0 Å². The second-order valence-electron chi connectivity index (χ2n) is 6.41. The molecule has 0 fully saturated rings. The summed E-state index contributed by atoms with van der Waals surface area (Å²) in [6, 6.07) is 21.6. The van der Waals surface area contributed by atoms with E-state index in [-0.39, 0.29) is 11.6 Å². The van der Waals surface area contributed by atoms with Crippen molar-refractivity contribution in [1.82, 2.24) is 0 Å². The lowest BCUT2D eigenvalue weighted by molar-refractivity contribution is -0.385. The van der Waals surface area contributed by atoms with Gasteiger partial charge >= 0.3 is 0 Å². The highest BCUT2D eigenvalue weighted by Gasteiger charge is 2.34. The molecule has 1 aliphatic rings. The number of hydrogen-bond donors (Lipinski definition) is 1. The van der Waals surface area contributed by atoms with Gasteiger partial charge in [-0.2, -0.15) is 0 Å². The number of aryl methyl sites for hydroxylation is 1. The Bertz CT molecular complexity index is 1030. The highest BCUT2D eigenvalue weighted by atomic mass is 16.6. The minimum Gasteiger partial charge on any atom is -0.360 e. The highest BCUT2D eigenvalue weighted by Crippen LogP contribution is 2.37. The standard InChI is InChI=1S/C21H17N3O3/c1-14-11-12-15(13-19(14)24(26)27)20-22-18-10-6-5-9-17(18)21(25)23(20)16-7-3-2-4-8-16/h2-13,20,22H,1H3/t20-/m1/s1. The summed E-state index contributed by atoms with van der Waals surface area (Å²) in [5.41, 5.74) is 3.27. The molecule has 1 amide bonds. The number of nitrogens with one attached hydrogen (secondary N) is 1. The number of nitro groups is 1. The van der Waals surface area contributed by atoms with E-state index in [4.69, 9.17) is 0 Å². The van der Waals surface area contributed by atoms with Crippen molar-refractivity contribution >= 4 is 23.0 Å². The second-order valence-corrected chi connectivity index (χ2v) is 6.41. The molecule has 27 heavy (non-hydrogen) atoms. The van der Waals surface area contributed by atoms with E-state index in [9.17, 15) is 14.9 Å². The summed E-state index contributed by atoms with van der Waals surface area (Å²) < 4.78 is 0. The molecule has 4 rings (SSSR count). The summed E-state index contributed by atoms with van der Waals surface area (Å²) in [7, 11) is 0. The smallest absolute Gasteiger partial charge is 0.272 e. The van der Waals surface area contributed by atoms with Crippen LogP contribution < -0.4 is 10.2 Å². The van der Waals surface area contributed by atoms with E-state index < -0.39 is 11.1 Å². The summed E-state index contributed by atoms with van der Waals surface area (Å²) in [6.07, 6.45) is -0.547. The van der Waals surface area contributed by atoms with Gasteiger partial charge in [0.15, 0.2) is 0 Å². The summed E-state index contributed by atoms with van der Waals surface area (Å²) >= 11 is 0. The molecule has 3 aromatic carbocycles. The molecule has 0 unspecified atom stereocenters. The van der Waals surface area contributed by atoms with Crippen LogP contribution >= 0.6 is 0 Å². The fourth-order valence-electron chi connectivity index (χ4n) is 3.33. The van der Waals surface area contributed by atoms with Crippen molar-refractivity contribution in [2.24, 2.45) is 0 Å². The van der Waals surface area contributed by atoms with Crippen LogP contribution in [0.15, 0.2) is 72.8 Å². The van der Waals surface area contributed by atoms with Gasteiger partial charge in [-0.25, -0.2) is 0 Å². The average molecular weight is 359 g/mol. The van der Waals surface area contributed by atoms with Gasteiger partial charge in [0.1, 0.15) is 6.17 Å². The Balaban J connectivity index is 1.88. The minimum atomic E-state index is -0.547. The number of anilines is 2. The maximum absolute atomic E-state index is 13.2. The van der Waals surface area contributed by atoms with Crippen molar-refractivity contribution in [1.29, 1.82) is 0 Å². The number of carbonyl (C=O) groups excluding carboxylic acids is 1. The molecule has 134 valence electrons. The summed E-state index contributed by atoms with van der Waals surface area (Å²) in [4.78, 5) is 25.9. The molecule has 0 saturated carbocycles. The van der Waals surface area contributed by atoms with E-state index in [0.717, 1.165) is 5.69 Å². The van der Waals surface area contributed by atoms with Crippen molar-refractivity contribution < 1.29 is 9.72 Å². The first-order valence-corrected chi connectivity index (χ1v) is 8.55. The quantitative estimate of drug-likeness (QED) is 0.544. The SMILES string of the molecule is Cc1ccc([C@@H]2Nc3ccccc3C(=O)N2c2ccccc2)cc1[N+](=O)[O-]. The number of carbonyl (C=O) groups is 1. The number of benzene rings is 3. The van der Waals surface area contributed by atoms with Crippen molar-refractivity contribution in [2.75, 3.05) is 10.2 Å². The normalized spacial score (nSPS) is 15.8. The molecular weight excluding hydrogens is 342 g/mol. The molecule has 0 saturated heterocycles. The number of amides is 1. The van der Waals surface area contributed by atoms with Crippen molar-refractivity contribution in [3.05, 3.63) is 99.6 Å². The maximum Gasteiger partial charge on any atom is 0.272 e. The third-order valence-electron chi connectivity index (χ3n) is 4.71. The van der Waals surface area contributed by atoms with E-state index in [1.54, 1.807) is 24.0 Å². The molecule has 0 radical (unpaired) electrons. The largest absolute Gasteiger partial charge is 0.360 e. The molecule has 0 bridgehead atoms. The predicted octanol–water partition coefficient (Wildman–Crippen LogP) is 4.67. The van der Waals surface area contributed by atoms with Crippen molar-refractivity contribution in [3.63, 3.8) is 0 Å². The van der Waals surface area contributed by atoms with Crippen LogP contribution in [0.5, 0.6) is 0 Å². The average Bonchev–Trinajstić information content (AvgIpc) is 2.69. The fraction of sp³-hybridized carbons (Fsp3) is 0.0952. The lowest BCUT2D eigenvalue weighted by Crippen LogP contribution is -2.43. The van der Waals surface area contributed by atoms with Crippen LogP contribution in [-0.4, -0.2) is 10.8 Å². The summed E-state index contributed by atoms with van der Waals surface area (Å²) in [5, 5.41) is 14.7. The zero-order valence-corrected chi connectivity index (χ0v) is 14.6. The van der Waals surface area contributed by atoms with Gasteiger partial charge in [-0.3, -0.25) is 19.8 Å². The highest BCUT2D eigenvalue weighted by molar-refractivity contribution is 6.12. The molecule has 6 nitrogen and oxygen atoms in total. The second kappa shape index (κ2) is 6.57. The molecule has 1 atom stereocenters. The monoisotopic (exact) mass is 359 g/mol. The lowest BCUT2D eigenvalue weighted by atomic mass is 10.0. The Labute approximate surface area is 156 Å². The maximum atomic E-state index is 13.2. The van der Waals surface area contributed by atoms with Gasteiger partial charge in [0.05, 0.1) is 10.5 Å². The molecular formula is C21H17N3O3. The van der Waals surface area contributed by atoms with Crippen LogP contribution in [0.3, 0.4) is 0 Å². The first kappa shape index (κ1) is 16.8. The van der Waals surface area contributed by atoms with Crippen LogP contribution in [0.2, 0.25) is 0 Å². The summed E-state index contributed by atoms with van der Waals surface area (Å²) in [5.74, 6) is -0.149. The zero-order valence-electron chi connectivity index (χ0n) is 14.6. The molecule has 6 heteroatoms. The Morgan fingerprint density at radius 3 is 2.44 bits per heavy atom. The van der Waals surface area contributed by atoms with Gasteiger partial charge in [-0.15, -0.1) is 0 Å². The third-order valence-corrected chi connectivity index (χ3v) is 4.71. The number of fused-ring (bicyclic) bond motifs is 1. The molecule has 0 spiro atoms. The van der Waals surface area contributed by atoms with E-state index in [1.165, 1.54) is 6.07 Å². The number of hydrogen-bond acceptors (Lipinski definition) is 4. The molecule has 1 N–H and O–H groups in total. The molecule has 3 aromatic rings. The van der Waals surface area contributed by atoms with Crippen molar-refractivity contribution in [2.45, 2.75) is 13.1 Å². The van der Waals surface area contributed by atoms with E-state index >= 15 is 0 Å². The topological polar surface area (TPSA) is 75.5 Å².